The zero-order valence-corrected chi connectivity index (χ0v) is 28.8. The molecule has 1 fully saturated rings. The fourth-order valence-electron chi connectivity index (χ4n) is 5.49. The molecular weight excluding hydrogens is 650 g/mol. The number of aliphatic hydroxyl groups excluding tert-OH is 5. The molecule has 15 heteroatoms. The molecule has 2 aromatic carbocycles. The molecule has 1 aliphatic heterocycles. The topological polar surface area (TPSA) is 233 Å². The van der Waals surface area contributed by atoms with E-state index in [0.29, 0.717) is 11.4 Å². The second kappa shape index (κ2) is 18.1. The molecule has 4 rings (SSSR count). The van der Waals surface area contributed by atoms with E-state index >= 15 is 0 Å². The number of fused-ring (bicyclic) bond motifs is 1. The highest BCUT2D eigenvalue weighted by Gasteiger charge is 2.36. The highest BCUT2D eigenvalue weighted by atomic mass is 16.4. The Morgan fingerprint density at radius 3 is 2.18 bits per heavy atom. The van der Waals surface area contributed by atoms with Gasteiger partial charge in [0.05, 0.1) is 36.2 Å². The third-order valence-electron chi connectivity index (χ3n) is 8.46. The molecule has 8 N–H and O–H groups in total. The van der Waals surface area contributed by atoms with Crippen molar-refractivity contribution in [3.8, 4) is 0 Å². The monoisotopic (exact) mass is 699 g/mol. The van der Waals surface area contributed by atoms with Crippen molar-refractivity contribution in [1.82, 2.24) is 10.3 Å². The molecule has 0 bridgehead atoms. The predicted octanol–water partition coefficient (Wildman–Crippen LogP) is 1.42. The maximum Gasteiger partial charge on any atom is 0.345 e. The van der Waals surface area contributed by atoms with Gasteiger partial charge in [-0.15, -0.1) is 0 Å². The van der Waals surface area contributed by atoms with Crippen molar-refractivity contribution in [3.05, 3.63) is 59.7 Å². The first-order valence-electron chi connectivity index (χ1n) is 16.5. The first-order valence-corrected chi connectivity index (χ1v) is 16.5. The Balaban J connectivity index is 0.000000442. The van der Waals surface area contributed by atoms with Crippen LogP contribution in [0.15, 0.2) is 53.6 Å². The summed E-state index contributed by atoms with van der Waals surface area (Å²) in [7, 11) is 1.57. The number of benzene rings is 2. The first kappa shape index (κ1) is 40.2. The lowest BCUT2D eigenvalue weighted by molar-refractivity contribution is -0.124. The fraction of sp³-hybridized carbons (Fsp3) is 0.514. The maximum atomic E-state index is 13.8. The van der Waals surface area contributed by atoms with Gasteiger partial charge in [-0.3, -0.25) is 14.5 Å². The minimum atomic E-state index is -1.55. The molecule has 2 aliphatic rings. The number of para-hydroxylation sites is 1. The lowest BCUT2D eigenvalue weighted by atomic mass is 9.90. The summed E-state index contributed by atoms with van der Waals surface area (Å²) in [6.07, 6.45) is -1.65. The van der Waals surface area contributed by atoms with E-state index in [1.54, 1.807) is 33.9 Å². The molecule has 0 saturated heterocycles. The lowest BCUT2D eigenvalue weighted by Crippen LogP contribution is -2.48. The number of hydrogen-bond acceptors (Lipinski definition) is 11. The van der Waals surface area contributed by atoms with E-state index < -0.39 is 54.3 Å². The summed E-state index contributed by atoms with van der Waals surface area (Å²) in [6.45, 7) is 4.31. The van der Waals surface area contributed by atoms with Crippen LogP contribution in [-0.2, 0) is 9.59 Å². The van der Waals surface area contributed by atoms with E-state index in [4.69, 9.17) is 25.5 Å². The number of aromatic carboxylic acids is 1. The van der Waals surface area contributed by atoms with E-state index in [-0.39, 0.29) is 36.9 Å². The van der Waals surface area contributed by atoms with Gasteiger partial charge in [0.1, 0.15) is 24.9 Å². The molecule has 4 atom stereocenters. The number of ketones is 1. The Morgan fingerprint density at radius 1 is 0.940 bits per heavy atom. The van der Waals surface area contributed by atoms with Crippen molar-refractivity contribution in [2.75, 3.05) is 43.5 Å². The Labute approximate surface area is 291 Å². The zero-order valence-electron chi connectivity index (χ0n) is 28.8. The number of anilines is 2. The number of carbonyl (C=O) groups excluding carboxylic acids is 3. The van der Waals surface area contributed by atoms with Gasteiger partial charge in [-0.2, -0.15) is 5.10 Å². The number of nitrogens with zero attached hydrogens (tertiary/aromatic N) is 3. The van der Waals surface area contributed by atoms with Crippen LogP contribution in [-0.4, -0.2) is 123 Å². The number of carboxylic acids is 1. The minimum absolute atomic E-state index is 0.0347. The van der Waals surface area contributed by atoms with Crippen LogP contribution in [0.5, 0.6) is 0 Å². The van der Waals surface area contributed by atoms with Crippen molar-refractivity contribution >= 4 is 40.8 Å². The van der Waals surface area contributed by atoms with Gasteiger partial charge in [-0.25, -0.2) is 14.6 Å². The third kappa shape index (κ3) is 10.6. The number of nitrogens with one attached hydrogen (secondary N) is 2. The number of Topliss-reactive ketones (excluding diaryl/α,β-unsaturated/α-hetero) is 1. The third-order valence-corrected chi connectivity index (χ3v) is 8.46. The number of aliphatic hydroxyl groups is 5. The quantitative estimate of drug-likeness (QED) is 0.149. The predicted molar refractivity (Wildman–Crippen MR) is 186 cm³/mol. The van der Waals surface area contributed by atoms with Crippen molar-refractivity contribution < 1.29 is 49.8 Å². The van der Waals surface area contributed by atoms with Gasteiger partial charge in [-0.1, -0.05) is 57.9 Å². The molecule has 1 saturated carbocycles. The van der Waals surface area contributed by atoms with Crippen LogP contribution in [0.4, 0.5) is 16.2 Å². The first-order chi connectivity index (χ1) is 23.6. The number of carbonyl (C=O) groups is 4. The summed E-state index contributed by atoms with van der Waals surface area (Å²) in [5.74, 6) is -1.61. The van der Waals surface area contributed by atoms with E-state index in [2.05, 4.69) is 10.6 Å². The van der Waals surface area contributed by atoms with Crippen LogP contribution in [0.2, 0.25) is 0 Å². The van der Waals surface area contributed by atoms with E-state index in [9.17, 15) is 29.4 Å². The van der Waals surface area contributed by atoms with Gasteiger partial charge in [0.15, 0.2) is 5.78 Å². The largest absolute Gasteiger partial charge is 0.478 e. The van der Waals surface area contributed by atoms with Gasteiger partial charge in [0.25, 0.3) is 0 Å². The summed E-state index contributed by atoms with van der Waals surface area (Å²) in [5.41, 5.74) is 1.82. The molecule has 2 aromatic rings. The molecule has 0 aromatic heterocycles. The van der Waals surface area contributed by atoms with E-state index in [1.165, 1.54) is 23.1 Å². The van der Waals surface area contributed by atoms with Gasteiger partial charge >= 0.3 is 12.0 Å². The molecule has 274 valence electrons. The fourth-order valence-corrected chi connectivity index (χ4v) is 5.49. The van der Waals surface area contributed by atoms with Gasteiger partial charge < -0.3 is 41.3 Å². The molecule has 15 nitrogen and oxygen atoms in total. The second-order valence-electron chi connectivity index (χ2n) is 13.4. The number of hydrogen-bond donors (Lipinski definition) is 8. The van der Waals surface area contributed by atoms with Crippen molar-refractivity contribution in [3.63, 3.8) is 0 Å². The van der Waals surface area contributed by atoms with Crippen molar-refractivity contribution in [2.45, 2.75) is 70.9 Å². The SMILES string of the molecule is CC(C)(C)C(=O)CN1C(=O)N(CC(=O)Nc2cccc(C(=O)O)c2)N=C(C2CCCC2)c2ccccc21.CNC[C@H](O)[C@@H](O)[C@H](O)[C@H](O)CO. The normalized spacial score (nSPS) is 17.4. The van der Waals surface area contributed by atoms with Crippen molar-refractivity contribution in [2.24, 2.45) is 16.4 Å². The zero-order chi connectivity index (χ0) is 37.2. The van der Waals surface area contributed by atoms with Crippen LogP contribution in [0.1, 0.15) is 62.4 Å². The van der Waals surface area contributed by atoms with Crippen LogP contribution in [0.3, 0.4) is 0 Å². The molecule has 3 amide bonds. The summed E-state index contributed by atoms with van der Waals surface area (Å²) in [5, 5.41) is 65.2. The second-order valence-corrected chi connectivity index (χ2v) is 13.4. The average molecular weight is 700 g/mol. The summed E-state index contributed by atoms with van der Waals surface area (Å²) >= 11 is 0. The molecule has 0 unspecified atom stereocenters. The van der Waals surface area contributed by atoms with E-state index in [1.807, 2.05) is 24.3 Å². The Kier molecular flexibility index (Phi) is 14.6. The number of hydrazone groups is 1. The Morgan fingerprint density at radius 2 is 1.58 bits per heavy atom. The molecule has 1 aliphatic carbocycles. The van der Waals surface area contributed by atoms with Crippen molar-refractivity contribution in [1.29, 1.82) is 0 Å². The number of amides is 3. The summed E-state index contributed by atoms with van der Waals surface area (Å²) in [4.78, 5) is 52.5. The minimum Gasteiger partial charge on any atom is -0.478 e. The lowest BCUT2D eigenvalue weighted by Gasteiger charge is -2.28. The van der Waals surface area contributed by atoms with Gasteiger partial charge in [0.2, 0.25) is 5.91 Å². The number of rotatable bonds is 13. The number of urea groups is 1. The standard InChI is InChI=1S/C28H32N4O5.C7H17NO5/c1-28(2,3)23(33)16-31-22-14-7-6-13-21(22)25(18-9-4-5-10-18)30-32(27(31)37)17-24(34)29-20-12-8-11-19(15-20)26(35)36;1-8-2-4(10)6(12)7(13)5(11)3-9/h6-8,11-15,18H,4-5,9-10,16-17H2,1-3H3,(H,29,34)(H,35,36);4-13H,2-3H2,1H3/t;4-,5+,6+,7+/m.0/s1. The molecule has 0 spiro atoms. The van der Waals surface area contributed by atoms with Gasteiger partial charge in [-0.05, 0) is 44.2 Å². The van der Waals surface area contributed by atoms with Gasteiger partial charge in [0, 0.05) is 29.1 Å². The van der Waals surface area contributed by atoms with E-state index in [0.717, 1.165) is 42.0 Å². The van der Waals surface area contributed by atoms with Crippen LogP contribution >= 0.6 is 0 Å². The summed E-state index contributed by atoms with van der Waals surface area (Å²) < 4.78 is 0. The smallest absolute Gasteiger partial charge is 0.345 e. The maximum absolute atomic E-state index is 13.8. The highest BCUT2D eigenvalue weighted by Crippen LogP contribution is 2.35. The van der Waals surface area contributed by atoms with Crippen LogP contribution in [0.25, 0.3) is 0 Å². The number of likely N-dealkylation sites (N-methyl/N-ethyl adjacent to an activating group) is 1. The Bertz CT molecular complexity index is 1520. The molecule has 1 heterocycles. The summed E-state index contributed by atoms with van der Waals surface area (Å²) in [6, 6.07) is 12.8. The molecule has 50 heavy (non-hydrogen) atoms. The average Bonchev–Trinajstić information content (AvgIpc) is 3.59. The Hall–Kier alpha value is -4.25. The highest BCUT2D eigenvalue weighted by molar-refractivity contribution is 6.13. The molecule has 0 radical (unpaired) electrons. The molecular formula is C35H49N5O10. The van der Waals surface area contributed by atoms with Crippen LogP contribution < -0.4 is 15.5 Å². The van der Waals surface area contributed by atoms with Crippen LogP contribution in [0, 0.1) is 11.3 Å². The number of carboxylic acid groups (broad SMARTS) is 1.